The summed E-state index contributed by atoms with van der Waals surface area (Å²) in [4.78, 5) is 21.8. The lowest BCUT2D eigenvalue weighted by atomic mass is 9.79. The van der Waals surface area contributed by atoms with Gasteiger partial charge >= 0.3 is 11.9 Å². The molecular formula is C11H12O5. The lowest BCUT2D eigenvalue weighted by Gasteiger charge is -2.23. The summed E-state index contributed by atoms with van der Waals surface area (Å²) in [6, 6.07) is 5.48. The SMILES string of the molecule is C[C@](CC(=O)O)(C(=O)O)c1ccc(O)cc1. The third-order valence-corrected chi connectivity index (χ3v) is 2.48. The highest BCUT2D eigenvalue weighted by atomic mass is 16.4. The molecule has 0 amide bonds. The van der Waals surface area contributed by atoms with Crippen molar-refractivity contribution in [2.75, 3.05) is 0 Å². The van der Waals surface area contributed by atoms with Crippen molar-refractivity contribution in [1.82, 2.24) is 0 Å². The molecule has 0 aromatic heterocycles. The van der Waals surface area contributed by atoms with Gasteiger partial charge in [0, 0.05) is 0 Å². The van der Waals surface area contributed by atoms with Crippen LogP contribution in [0.2, 0.25) is 0 Å². The third-order valence-electron chi connectivity index (χ3n) is 2.48. The molecule has 5 heteroatoms. The third kappa shape index (κ3) is 2.31. The lowest BCUT2D eigenvalue weighted by Crippen LogP contribution is -2.34. The number of hydrogen-bond donors (Lipinski definition) is 3. The largest absolute Gasteiger partial charge is 0.508 e. The van der Waals surface area contributed by atoms with Crippen LogP contribution in [0, 0.1) is 0 Å². The Bertz CT molecular complexity index is 409. The van der Waals surface area contributed by atoms with Crippen molar-refractivity contribution in [2.24, 2.45) is 0 Å². The van der Waals surface area contributed by atoms with Crippen LogP contribution in [0.25, 0.3) is 0 Å². The standard InChI is InChI=1S/C11H12O5/c1-11(10(15)16,6-9(13)14)7-2-4-8(12)5-3-7/h2-5,12H,6H2,1H3,(H,13,14)(H,15,16)/t11-/m1/s1. The van der Waals surface area contributed by atoms with Gasteiger partial charge in [-0.25, -0.2) is 0 Å². The highest BCUT2D eigenvalue weighted by molar-refractivity contribution is 5.86. The molecule has 0 saturated carbocycles. The Morgan fingerprint density at radius 3 is 2.06 bits per heavy atom. The highest BCUT2D eigenvalue weighted by Crippen LogP contribution is 2.29. The van der Waals surface area contributed by atoms with E-state index in [4.69, 9.17) is 15.3 Å². The van der Waals surface area contributed by atoms with Crippen LogP contribution < -0.4 is 0 Å². The number of aromatic hydroxyl groups is 1. The summed E-state index contributed by atoms with van der Waals surface area (Å²) in [5, 5.41) is 26.9. The van der Waals surface area contributed by atoms with Crippen molar-refractivity contribution in [3.05, 3.63) is 29.8 Å². The molecule has 5 nitrogen and oxygen atoms in total. The minimum atomic E-state index is -1.49. The van der Waals surface area contributed by atoms with Gasteiger partial charge in [-0.05, 0) is 24.6 Å². The molecule has 0 aliphatic rings. The zero-order valence-electron chi connectivity index (χ0n) is 8.67. The van der Waals surface area contributed by atoms with Crippen LogP contribution in [0.15, 0.2) is 24.3 Å². The van der Waals surface area contributed by atoms with Gasteiger partial charge in [0.1, 0.15) is 11.2 Å². The van der Waals surface area contributed by atoms with Gasteiger partial charge in [-0.15, -0.1) is 0 Å². The molecule has 0 radical (unpaired) electrons. The Morgan fingerprint density at radius 2 is 1.69 bits per heavy atom. The predicted octanol–water partition coefficient (Wildman–Crippen LogP) is 1.21. The Labute approximate surface area is 92.0 Å². The smallest absolute Gasteiger partial charge is 0.314 e. The first kappa shape index (κ1) is 12.0. The highest BCUT2D eigenvalue weighted by Gasteiger charge is 2.37. The number of rotatable bonds is 4. The zero-order valence-corrected chi connectivity index (χ0v) is 8.67. The van der Waals surface area contributed by atoms with Gasteiger partial charge in [0.05, 0.1) is 6.42 Å². The molecular weight excluding hydrogens is 212 g/mol. The van der Waals surface area contributed by atoms with E-state index in [1.54, 1.807) is 0 Å². The van der Waals surface area contributed by atoms with Crippen molar-refractivity contribution in [1.29, 1.82) is 0 Å². The van der Waals surface area contributed by atoms with Gasteiger partial charge in [-0.2, -0.15) is 0 Å². The number of phenols is 1. The monoisotopic (exact) mass is 224 g/mol. The van der Waals surface area contributed by atoms with E-state index in [1.807, 2.05) is 0 Å². The summed E-state index contributed by atoms with van der Waals surface area (Å²) < 4.78 is 0. The fourth-order valence-electron chi connectivity index (χ4n) is 1.43. The zero-order chi connectivity index (χ0) is 12.3. The molecule has 3 N–H and O–H groups in total. The van der Waals surface area contributed by atoms with Gasteiger partial charge in [-0.3, -0.25) is 9.59 Å². The van der Waals surface area contributed by atoms with Gasteiger partial charge in [0.15, 0.2) is 0 Å². The van der Waals surface area contributed by atoms with E-state index in [9.17, 15) is 9.59 Å². The summed E-state index contributed by atoms with van der Waals surface area (Å²) in [6.07, 6.45) is -0.507. The van der Waals surface area contributed by atoms with Gasteiger partial charge < -0.3 is 15.3 Å². The van der Waals surface area contributed by atoms with Gasteiger partial charge in [-0.1, -0.05) is 12.1 Å². The molecule has 86 valence electrons. The van der Waals surface area contributed by atoms with Crippen molar-refractivity contribution >= 4 is 11.9 Å². The minimum Gasteiger partial charge on any atom is -0.508 e. The van der Waals surface area contributed by atoms with E-state index in [2.05, 4.69) is 0 Å². The normalized spacial score (nSPS) is 14.1. The number of carboxylic acids is 2. The maximum atomic E-state index is 11.1. The number of aliphatic carboxylic acids is 2. The average molecular weight is 224 g/mol. The molecule has 0 spiro atoms. The average Bonchev–Trinajstić information content (AvgIpc) is 2.17. The van der Waals surface area contributed by atoms with E-state index < -0.39 is 23.8 Å². The van der Waals surface area contributed by atoms with E-state index >= 15 is 0 Å². The maximum Gasteiger partial charge on any atom is 0.314 e. The summed E-state index contributed by atoms with van der Waals surface area (Å²) in [5.41, 5.74) is -1.14. The first-order valence-electron chi connectivity index (χ1n) is 4.61. The fourth-order valence-corrected chi connectivity index (χ4v) is 1.43. The number of benzene rings is 1. The Balaban J connectivity index is 3.16. The van der Waals surface area contributed by atoms with E-state index in [0.29, 0.717) is 5.56 Å². The molecule has 1 atom stereocenters. The molecule has 0 aliphatic carbocycles. The van der Waals surface area contributed by atoms with Crippen LogP contribution in [-0.4, -0.2) is 27.3 Å². The summed E-state index contributed by atoms with van der Waals surface area (Å²) >= 11 is 0. The van der Waals surface area contributed by atoms with Crippen LogP contribution in [0.5, 0.6) is 5.75 Å². The van der Waals surface area contributed by atoms with Crippen molar-refractivity contribution in [3.8, 4) is 5.75 Å². The van der Waals surface area contributed by atoms with Crippen LogP contribution in [0.3, 0.4) is 0 Å². The second-order valence-corrected chi connectivity index (χ2v) is 3.75. The van der Waals surface area contributed by atoms with Crippen LogP contribution in [-0.2, 0) is 15.0 Å². The second-order valence-electron chi connectivity index (χ2n) is 3.75. The molecule has 0 saturated heterocycles. The summed E-state index contributed by atoms with van der Waals surface area (Å²) in [5.74, 6) is -2.38. The van der Waals surface area contributed by atoms with Crippen LogP contribution >= 0.6 is 0 Å². The first-order chi connectivity index (χ1) is 7.36. The van der Waals surface area contributed by atoms with Gasteiger partial charge in [0.2, 0.25) is 0 Å². The Morgan fingerprint density at radius 1 is 1.19 bits per heavy atom. The summed E-state index contributed by atoms with van der Waals surface area (Å²) in [6.45, 7) is 1.34. The second kappa shape index (κ2) is 4.22. The van der Waals surface area contributed by atoms with E-state index in [-0.39, 0.29) is 5.75 Å². The molecule has 0 fully saturated rings. The summed E-state index contributed by atoms with van der Waals surface area (Å²) in [7, 11) is 0. The van der Waals surface area contributed by atoms with Crippen molar-refractivity contribution < 1.29 is 24.9 Å². The van der Waals surface area contributed by atoms with Crippen molar-refractivity contribution in [2.45, 2.75) is 18.8 Å². The minimum absolute atomic E-state index is 0.00631. The number of hydrogen-bond acceptors (Lipinski definition) is 3. The first-order valence-corrected chi connectivity index (χ1v) is 4.61. The lowest BCUT2D eigenvalue weighted by molar-refractivity contribution is -0.149. The molecule has 1 aromatic rings. The van der Waals surface area contributed by atoms with Gasteiger partial charge in [0.25, 0.3) is 0 Å². The number of phenolic OH excluding ortho intramolecular Hbond substituents is 1. The molecule has 1 rings (SSSR count). The molecule has 0 heterocycles. The maximum absolute atomic E-state index is 11.1. The molecule has 0 unspecified atom stereocenters. The van der Waals surface area contributed by atoms with E-state index in [0.717, 1.165) is 0 Å². The van der Waals surface area contributed by atoms with E-state index in [1.165, 1.54) is 31.2 Å². The molecule has 16 heavy (non-hydrogen) atoms. The Hall–Kier alpha value is -2.04. The van der Waals surface area contributed by atoms with Crippen LogP contribution in [0.4, 0.5) is 0 Å². The number of carboxylic acid groups (broad SMARTS) is 2. The molecule has 1 aromatic carbocycles. The molecule has 0 bridgehead atoms. The fraction of sp³-hybridized carbons (Fsp3) is 0.273. The number of carbonyl (C=O) groups is 2. The Kier molecular flexibility index (Phi) is 3.17. The van der Waals surface area contributed by atoms with Crippen molar-refractivity contribution in [3.63, 3.8) is 0 Å². The quantitative estimate of drug-likeness (QED) is 0.714. The van der Waals surface area contributed by atoms with Crippen LogP contribution in [0.1, 0.15) is 18.9 Å². The predicted molar refractivity (Wildman–Crippen MR) is 55.3 cm³/mol. The topological polar surface area (TPSA) is 94.8 Å². The molecule has 0 aliphatic heterocycles.